The first-order chi connectivity index (χ1) is 9.33. The standard InChI is InChI=1S/C14H26N2O4/c1-10(2)14(12(17)18)5-6-16(9-14)13(19)15-7-11(3)8-20-4/h10-11H,5-9H2,1-4H3,(H,15,19)(H,17,18). The summed E-state index contributed by atoms with van der Waals surface area (Å²) in [7, 11) is 1.63. The van der Waals surface area contributed by atoms with Crippen LogP contribution in [0.15, 0.2) is 0 Å². The van der Waals surface area contributed by atoms with Crippen LogP contribution in [0.3, 0.4) is 0 Å². The van der Waals surface area contributed by atoms with Crippen molar-refractivity contribution in [2.45, 2.75) is 27.2 Å². The van der Waals surface area contributed by atoms with Crippen molar-refractivity contribution >= 4 is 12.0 Å². The monoisotopic (exact) mass is 286 g/mol. The van der Waals surface area contributed by atoms with Crippen LogP contribution >= 0.6 is 0 Å². The van der Waals surface area contributed by atoms with Gasteiger partial charge in [-0.25, -0.2) is 4.79 Å². The number of methoxy groups -OCH3 is 1. The molecule has 1 fully saturated rings. The van der Waals surface area contributed by atoms with Crippen LogP contribution in [-0.2, 0) is 9.53 Å². The number of carboxylic acids is 1. The second-order valence-corrected chi connectivity index (χ2v) is 6.03. The molecule has 2 unspecified atom stereocenters. The van der Waals surface area contributed by atoms with Crippen LogP contribution in [0, 0.1) is 17.3 Å². The van der Waals surface area contributed by atoms with Gasteiger partial charge in [0, 0.05) is 26.7 Å². The maximum absolute atomic E-state index is 12.1. The minimum Gasteiger partial charge on any atom is -0.481 e. The smallest absolute Gasteiger partial charge is 0.317 e. The Hall–Kier alpha value is -1.30. The van der Waals surface area contributed by atoms with Gasteiger partial charge < -0.3 is 20.1 Å². The summed E-state index contributed by atoms with van der Waals surface area (Å²) in [4.78, 5) is 25.2. The van der Waals surface area contributed by atoms with Gasteiger partial charge in [-0.05, 0) is 18.3 Å². The highest BCUT2D eigenvalue weighted by Crippen LogP contribution is 2.38. The number of nitrogens with one attached hydrogen (secondary N) is 1. The molecule has 1 rings (SSSR count). The zero-order valence-electron chi connectivity index (χ0n) is 12.8. The number of ether oxygens (including phenoxy) is 1. The molecule has 116 valence electrons. The largest absolute Gasteiger partial charge is 0.481 e. The average Bonchev–Trinajstić information content (AvgIpc) is 2.82. The summed E-state index contributed by atoms with van der Waals surface area (Å²) in [5.41, 5.74) is -0.810. The molecule has 6 nitrogen and oxygen atoms in total. The predicted molar refractivity (Wildman–Crippen MR) is 75.5 cm³/mol. The minimum absolute atomic E-state index is 0.00483. The van der Waals surface area contributed by atoms with Crippen molar-refractivity contribution in [3.05, 3.63) is 0 Å². The average molecular weight is 286 g/mol. The van der Waals surface area contributed by atoms with E-state index in [2.05, 4.69) is 5.32 Å². The first-order valence-electron chi connectivity index (χ1n) is 7.08. The molecule has 0 aliphatic carbocycles. The summed E-state index contributed by atoms with van der Waals surface area (Å²) < 4.78 is 5.01. The SMILES string of the molecule is COCC(C)CNC(=O)N1CCC(C(=O)O)(C(C)C)C1. The number of hydrogen-bond acceptors (Lipinski definition) is 3. The lowest BCUT2D eigenvalue weighted by atomic mass is 9.76. The number of urea groups is 1. The number of carbonyl (C=O) groups is 2. The number of rotatable bonds is 6. The minimum atomic E-state index is -0.810. The van der Waals surface area contributed by atoms with E-state index in [9.17, 15) is 14.7 Å². The highest BCUT2D eigenvalue weighted by Gasteiger charge is 2.48. The fourth-order valence-electron chi connectivity index (χ4n) is 2.62. The van der Waals surface area contributed by atoms with Gasteiger partial charge in [0.25, 0.3) is 0 Å². The van der Waals surface area contributed by atoms with Crippen molar-refractivity contribution in [3.63, 3.8) is 0 Å². The van der Waals surface area contributed by atoms with E-state index in [1.165, 1.54) is 0 Å². The Kier molecular flexibility index (Phi) is 5.80. The van der Waals surface area contributed by atoms with Crippen LogP contribution in [-0.4, -0.2) is 55.4 Å². The van der Waals surface area contributed by atoms with Crippen LogP contribution in [0.25, 0.3) is 0 Å². The van der Waals surface area contributed by atoms with Gasteiger partial charge in [0.1, 0.15) is 0 Å². The number of amides is 2. The lowest BCUT2D eigenvalue weighted by molar-refractivity contribution is -0.150. The van der Waals surface area contributed by atoms with Gasteiger partial charge in [0.05, 0.1) is 12.0 Å². The molecule has 2 N–H and O–H groups in total. The molecule has 0 aromatic carbocycles. The second-order valence-electron chi connectivity index (χ2n) is 6.03. The maximum Gasteiger partial charge on any atom is 0.317 e. The van der Waals surface area contributed by atoms with E-state index in [4.69, 9.17) is 4.74 Å². The number of carboxylic acid groups (broad SMARTS) is 1. The van der Waals surface area contributed by atoms with Gasteiger partial charge in [-0.1, -0.05) is 20.8 Å². The highest BCUT2D eigenvalue weighted by molar-refractivity contribution is 5.80. The highest BCUT2D eigenvalue weighted by atomic mass is 16.5. The van der Waals surface area contributed by atoms with E-state index in [1.54, 1.807) is 12.0 Å². The number of aliphatic carboxylic acids is 1. The number of hydrogen-bond donors (Lipinski definition) is 2. The second kappa shape index (κ2) is 6.92. The van der Waals surface area contributed by atoms with Crippen molar-refractivity contribution in [1.82, 2.24) is 10.2 Å². The fraction of sp³-hybridized carbons (Fsp3) is 0.857. The summed E-state index contributed by atoms with van der Waals surface area (Å²) in [6.45, 7) is 7.69. The third kappa shape index (κ3) is 3.62. The van der Waals surface area contributed by atoms with Gasteiger partial charge in [-0.2, -0.15) is 0 Å². The normalized spacial score (nSPS) is 23.9. The molecule has 1 aliphatic rings. The molecular weight excluding hydrogens is 260 g/mol. The molecule has 6 heteroatoms. The Morgan fingerprint density at radius 1 is 1.40 bits per heavy atom. The molecule has 1 heterocycles. The summed E-state index contributed by atoms with van der Waals surface area (Å²) in [5.74, 6) is -0.568. The summed E-state index contributed by atoms with van der Waals surface area (Å²) in [6, 6.07) is -0.184. The van der Waals surface area contributed by atoms with Crippen molar-refractivity contribution in [3.8, 4) is 0 Å². The Labute approximate surface area is 120 Å². The Morgan fingerprint density at radius 3 is 2.50 bits per heavy atom. The van der Waals surface area contributed by atoms with Crippen LogP contribution in [0.2, 0.25) is 0 Å². The van der Waals surface area contributed by atoms with Crippen LogP contribution in [0.5, 0.6) is 0 Å². The Morgan fingerprint density at radius 2 is 2.05 bits per heavy atom. The molecule has 1 aliphatic heterocycles. The van der Waals surface area contributed by atoms with Crippen molar-refractivity contribution in [2.75, 3.05) is 33.4 Å². The molecule has 0 bridgehead atoms. The lowest BCUT2D eigenvalue weighted by Crippen LogP contribution is -2.44. The first-order valence-corrected chi connectivity index (χ1v) is 7.08. The summed E-state index contributed by atoms with van der Waals surface area (Å²) >= 11 is 0. The topological polar surface area (TPSA) is 78.9 Å². The maximum atomic E-state index is 12.1. The fourth-order valence-corrected chi connectivity index (χ4v) is 2.62. The van der Waals surface area contributed by atoms with Gasteiger partial charge in [-0.3, -0.25) is 4.79 Å². The lowest BCUT2D eigenvalue weighted by Gasteiger charge is -2.28. The summed E-state index contributed by atoms with van der Waals surface area (Å²) in [5, 5.41) is 12.3. The molecule has 1 saturated heterocycles. The first kappa shape index (κ1) is 16.8. The quantitative estimate of drug-likeness (QED) is 0.774. The molecule has 0 aromatic rings. The number of carbonyl (C=O) groups excluding carboxylic acids is 1. The third-order valence-electron chi connectivity index (χ3n) is 4.17. The molecule has 2 amide bonds. The number of likely N-dealkylation sites (tertiary alicyclic amines) is 1. The van der Waals surface area contributed by atoms with Crippen LogP contribution < -0.4 is 5.32 Å². The van der Waals surface area contributed by atoms with E-state index in [0.29, 0.717) is 26.1 Å². The third-order valence-corrected chi connectivity index (χ3v) is 4.17. The van der Waals surface area contributed by atoms with Crippen molar-refractivity contribution in [2.24, 2.45) is 17.3 Å². The van der Waals surface area contributed by atoms with Crippen LogP contribution in [0.4, 0.5) is 4.79 Å². The van der Waals surface area contributed by atoms with Gasteiger partial charge >= 0.3 is 12.0 Å². The number of nitrogens with zero attached hydrogens (tertiary/aromatic N) is 1. The molecule has 0 spiro atoms. The van der Waals surface area contributed by atoms with E-state index in [0.717, 1.165) is 0 Å². The Bertz CT molecular complexity index is 359. The zero-order chi connectivity index (χ0) is 15.3. The Balaban J connectivity index is 2.54. The molecular formula is C14H26N2O4. The van der Waals surface area contributed by atoms with E-state index in [1.807, 2.05) is 20.8 Å². The zero-order valence-corrected chi connectivity index (χ0v) is 12.8. The molecule has 0 aromatic heterocycles. The molecule has 2 atom stereocenters. The van der Waals surface area contributed by atoms with E-state index < -0.39 is 11.4 Å². The van der Waals surface area contributed by atoms with Gasteiger partial charge in [0.2, 0.25) is 0 Å². The van der Waals surface area contributed by atoms with Crippen LogP contribution in [0.1, 0.15) is 27.2 Å². The van der Waals surface area contributed by atoms with E-state index >= 15 is 0 Å². The molecule has 20 heavy (non-hydrogen) atoms. The molecule has 0 saturated carbocycles. The van der Waals surface area contributed by atoms with E-state index in [-0.39, 0.29) is 24.4 Å². The van der Waals surface area contributed by atoms with Crippen molar-refractivity contribution < 1.29 is 19.4 Å². The predicted octanol–water partition coefficient (Wildman–Crippen LogP) is 1.41. The summed E-state index contributed by atoms with van der Waals surface area (Å²) in [6.07, 6.45) is 0.515. The molecule has 0 radical (unpaired) electrons. The van der Waals surface area contributed by atoms with Gasteiger partial charge in [-0.15, -0.1) is 0 Å². The van der Waals surface area contributed by atoms with Crippen molar-refractivity contribution in [1.29, 1.82) is 0 Å². The van der Waals surface area contributed by atoms with Gasteiger partial charge in [0.15, 0.2) is 0 Å².